The molecular formula is C20H22N2O3. The Kier molecular flexibility index (Phi) is 3.86. The molecule has 25 heavy (non-hydrogen) atoms. The van der Waals surface area contributed by atoms with Crippen LogP contribution in [0, 0.1) is 6.92 Å². The van der Waals surface area contributed by atoms with Gasteiger partial charge in [0.15, 0.2) is 0 Å². The van der Waals surface area contributed by atoms with Crippen molar-refractivity contribution in [3.05, 3.63) is 59.5 Å². The Morgan fingerprint density at radius 2 is 2.24 bits per heavy atom. The number of aryl methyl sites for hydroxylation is 1. The maximum absolute atomic E-state index is 13.2. The molecule has 2 amide bonds. The molecule has 2 saturated heterocycles. The van der Waals surface area contributed by atoms with Gasteiger partial charge >= 0.3 is 0 Å². The van der Waals surface area contributed by atoms with E-state index in [1.54, 1.807) is 6.26 Å². The fourth-order valence-electron chi connectivity index (χ4n) is 4.18. The van der Waals surface area contributed by atoms with Gasteiger partial charge in [-0.1, -0.05) is 29.8 Å². The van der Waals surface area contributed by atoms with Gasteiger partial charge in [-0.3, -0.25) is 9.59 Å². The van der Waals surface area contributed by atoms with E-state index >= 15 is 0 Å². The van der Waals surface area contributed by atoms with Crippen LogP contribution in [0.3, 0.4) is 0 Å². The van der Waals surface area contributed by atoms with Gasteiger partial charge in [0.1, 0.15) is 5.76 Å². The Morgan fingerprint density at radius 3 is 2.96 bits per heavy atom. The maximum atomic E-state index is 13.2. The van der Waals surface area contributed by atoms with Crippen molar-refractivity contribution in [2.45, 2.75) is 44.2 Å². The third-order valence-corrected chi connectivity index (χ3v) is 5.49. The van der Waals surface area contributed by atoms with E-state index in [2.05, 4.69) is 11.4 Å². The van der Waals surface area contributed by atoms with Gasteiger partial charge in [0.05, 0.1) is 18.2 Å². The van der Waals surface area contributed by atoms with Crippen LogP contribution in [0.4, 0.5) is 0 Å². The number of carbonyl (C=O) groups excluding carboxylic acids is 2. The van der Waals surface area contributed by atoms with Gasteiger partial charge in [-0.05, 0) is 37.5 Å². The number of rotatable bonds is 4. The smallest absolute Gasteiger partial charge is 0.232 e. The number of nitrogens with zero attached hydrogens (tertiary/aromatic N) is 1. The predicted molar refractivity (Wildman–Crippen MR) is 92.8 cm³/mol. The van der Waals surface area contributed by atoms with Crippen LogP contribution in [0.25, 0.3) is 0 Å². The lowest BCUT2D eigenvalue weighted by atomic mass is 9.76. The highest BCUT2D eigenvalue weighted by molar-refractivity contribution is 5.91. The Bertz CT molecular complexity index is 799. The lowest BCUT2D eigenvalue weighted by molar-refractivity contribution is -0.129. The molecule has 5 heteroatoms. The van der Waals surface area contributed by atoms with E-state index in [0.29, 0.717) is 25.9 Å². The van der Waals surface area contributed by atoms with Crippen molar-refractivity contribution in [1.82, 2.24) is 10.2 Å². The van der Waals surface area contributed by atoms with Crippen molar-refractivity contribution in [1.29, 1.82) is 0 Å². The summed E-state index contributed by atoms with van der Waals surface area (Å²) in [4.78, 5) is 27.3. The minimum absolute atomic E-state index is 0.0308. The van der Waals surface area contributed by atoms with Crippen LogP contribution in [0.15, 0.2) is 47.1 Å². The monoisotopic (exact) mass is 338 g/mol. The Labute approximate surface area is 147 Å². The predicted octanol–water partition coefficient (Wildman–Crippen LogP) is 2.54. The molecule has 0 radical (unpaired) electrons. The normalized spacial score (nSPS) is 25.2. The summed E-state index contributed by atoms with van der Waals surface area (Å²) < 4.78 is 5.32. The lowest BCUT2D eigenvalue weighted by Gasteiger charge is -2.29. The molecule has 2 fully saturated rings. The van der Waals surface area contributed by atoms with Crippen molar-refractivity contribution in [2.24, 2.45) is 0 Å². The molecule has 0 spiro atoms. The van der Waals surface area contributed by atoms with Gasteiger partial charge in [-0.15, -0.1) is 0 Å². The summed E-state index contributed by atoms with van der Waals surface area (Å²) in [7, 11) is 0. The molecule has 1 aromatic heterocycles. The second-order valence-electron chi connectivity index (χ2n) is 7.13. The van der Waals surface area contributed by atoms with Gasteiger partial charge in [-0.2, -0.15) is 0 Å². The molecule has 2 aliphatic heterocycles. The molecule has 0 bridgehead atoms. The minimum atomic E-state index is -0.681. The standard InChI is InChI=1S/C20H22N2O3/c1-14-4-2-5-15(10-14)20(11-16-7-8-18(23)22(16)13-20)19(24)21-12-17-6-3-9-25-17/h2-6,9-10,16H,7-8,11-13H2,1H3,(H,21,24). The summed E-state index contributed by atoms with van der Waals surface area (Å²) >= 11 is 0. The van der Waals surface area contributed by atoms with Gasteiger partial charge in [0, 0.05) is 19.0 Å². The topological polar surface area (TPSA) is 62.6 Å². The quantitative estimate of drug-likeness (QED) is 0.932. The zero-order valence-electron chi connectivity index (χ0n) is 14.3. The molecule has 1 aromatic carbocycles. The molecule has 5 nitrogen and oxygen atoms in total. The molecule has 130 valence electrons. The molecule has 0 aliphatic carbocycles. The summed E-state index contributed by atoms with van der Waals surface area (Å²) in [6, 6.07) is 11.9. The molecule has 2 atom stereocenters. The summed E-state index contributed by atoms with van der Waals surface area (Å²) in [5.74, 6) is 0.859. The zero-order valence-corrected chi connectivity index (χ0v) is 14.3. The van der Waals surface area contributed by atoms with Crippen molar-refractivity contribution < 1.29 is 14.0 Å². The molecule has 2 aliphatic rings. The van der Waals surface area contributed by atoms with E-state index in [-0.39, 0.29) is 17.9 Å². The van der Waals surface area contributed by atoms with E-state index in [1.807, 2.05) is 42.2 Å². The lowest BCUT2D eigenvalue weighted by Crippen LogP contribution is -2.46. The van der Waals surface area contributed by atoms with Crippen LogP contribution in [-0.2, 0) is 21.5 Å². The number of furan rings is 1. The number of carbonyl (C=O) groups is 2. The molecule has 0 saturated carbocycles. The summed E-state index contributed by atoms with van der Waals surface area (Å²) in [6.45, 7) is 2.85. The van der Waals surface area contributed by atoms with Crippen molar-refractivity contribution in [3.8, 4) is 0 Å². The van der Waals surface area contributed by atoms with E-state index in [9.17, 15) is 9.59 Å². The second kappa shape index (κ2) is 6.06. The third kappa shape index (κ3) is 2.73. The van der Waals surface area contributed by atoms with Gasteiger partial charge in [0.25, 0.3) is 0 Å². The van der Waals surface area contributed by atoms with Crippen molar-refractivity contribution in [2.75, 3.05) is 6.54 Å². The average Bonchev–Trinajstić information content (AvgIpc) is 3.31. The molecule has 4 rings (SSSR count). The van der Waals surface area contributed by atoms with E-state index in [0.717, 1.165) is 23.3 Å². The van der Waals surface area contributed by atoms with Gasteiger partial charge in [0.2, 0.25) is 11.8 Å². The Hall–Kier alpha value is -2.56. The number of hydrogen-bond donors (Lipinski definition) is 1. The Morgan fingerprint density at radius 1 is 1.36 bits per heavy atom. The molecule has 2 unspecified atom stereocenters. The SMILES string of the molecule is Cc1cccc(C2(C(=O)NCc3ccco3)CC3CCC(=O)N3C2)c1. The molecule has 2 aromatic rings. The second-order valence-corrected chi connectivity index (χ2v) is 7.13. The van der Waals surface area contributed by atoms with Crippen LogP contribution in [0.2, 0.25) is 0 Å². The third-order valence-electron chi connectivity index (χ3n) is 5.49. The highest BCUT2D eigenvalue weighted by atomic mass is 16.3. The molecule has 1 N–H and O–H groups in total. The fraction of sp³-hybridized carbons (Fsp3) is 0.400. The van der Waals surface area contributed by atoms with Crippen LogP contribution in [-0.4, -0.2) is 29.3 Å². The molecular weight excluding hydrogens is 316 g/mol. The summed E-state index contributed by atoms with van der Waals surface area (Å²) in [5, 5.41) is 3.02. The summed E-state index contributed by atoms with van der Waals surface area (Å²) in [6.07, 6.45) is 3.73. The van der Waals surface area contributed by atoms with E-state index in [1.165, 1.54) is 0 Å². The van der Waals surface area contributed by atoms with Crippen molar-refractivity contribution in [3.63, 3.8) is 0 Å². The van der Waals surface area contributed by atoms with Gasteiger partial charge < -0.3 is 14.6 Å². The first kappa shape index (κ1) is 15.9. The number of amides is 2. The molecule has 3 heterocycles. The Balaban J connectivity index is 1.64. The van der Waals surface area contributed by atoms with Crippen molar-refractivity contribution >= 4 is 11.8 Å². The van der Waals surface area contributed by atoms with Crippen LogP contribution >= 0.6 is 0 Å². The first-order valence-electron chi connectivity index (χ1n) is 8.76. The number of nitrogens with one attached hydrogen (secondary N) is 1. The maximum Gasteiger partial charge on any atom is 0.232 e. The first-order valence-corrected chi connectivity index (χ1v) is 8.76. The average molecular weight is 338 g/mol. The van der Waals surface area contributed by atoms with Crippen LogP contribution in [0.1, 0.15) is 36.1 Å². The summed E-state index contributed by atoms with van der Waals surface area (Å²) in [5.41, 5.74) is 1.43. The zero-order chi connectivity index (χ0) is 17.4. The highest BCUT2D eigenvalue weighted by Gasteiger charge is 2.53. The van der Waals surface area contributed by atoms with Crippen LogP contribution < -0.4 is 5.32 Å². The number of fused-ring (bicyclic) bond motifs is 1. The number of hydrogen-bond acceptors (Lipinski definition) is 3. The minimum Gasteiger partial charge on any atom is -0.467 e. The van der Waals surface area contributed by atoms with E-state index < -0.39 is 5.41 Å². The highest BCUT2D eigenvalue weighted by Crippen LogP contribution is 2.43. The van der Waals surface area contributed by atoms with Gasteiger partial charge in [-0.25, -0.2) is 0 Å². The largest absolute Gasteiger partial charge is 0.467 e. The first-order chi connectivity index (χ1) is 12.1. The van der Waals surface area contributed by atoms with Crippen LogP contribution in [0.5, 0.6) is 0 Å². The fourth-order valence-corrected chi connectivity index (χ4v) is 4.18. The number of benzene rings is 1. The van der Waals surface area contributed by atoms with E-state index in [4.69, 9.17) is 4.42 Å².